The summed E-state index contributed by atoms with van der Waals surface area (Å²) in [5.74, 6) is 0.492. The van der Waals surface area contributed by atoms with Crippen LogP contribution in [0.2, 0.25) is 0 Å². The first-order valence-electron chi connectivity index (χ1n) is 5.50. The van der Waals surface area contributed by atoms with Crippen molar-refractivity contribution < 1.29 is 0 Å². The topological polar surface area (TPSA) is 32.7 Å². The van der Waals surface area contributed by atoms with E-state index in [1.165, 1.54) is 5.56 Å². The largest absolute Gasteiger partial charge is 0.254 e. The van der Waals surface area contributed by atoms with Crippen LogP contribution in [0.25, 0.3) is 0 Å². The number of nitroso groups, excluding NO2 is 1. The van der Waals surface area contributed by atoms with E-state index in [2.05, 4.69) is 29.6 Å². The van der Waals surface area contributed by atoms with Crippen molar-refractivity contribution in [3.05, 3.63) is 40.8 Å². The van der Waals surface area contributed by atoms with Crippen LogP contribution >= 0.6 is 0 Å². The summed E-state index contributed by atoms with van der Waals surface area (Å²) in [6, 6.07) is 10.4. The van der Waals surface area contributed by atoms with Gasteiger partial charge in [-0.15, -0.1) is 4.91 Å². The van der Waals surface area contributed by atoms with Gasteiger partial charge >= 0.3 is 0 Å². The van der Waals surface area contributed by atoms with Crippen molar-refractivity contribution in [3.63, 3.8) is 0 Å². The Morgan fingerprint density at radius 1 is 1.27 bits per heavy atom. The van der Waals surface area contributed by atoms with Crippen molar-refractivity contribution in [3.8, 4) is 0 Å². The average Bonchev–Trinajstić information content (AvgIpc) is 2.94. The maximum Gasteiger partial charge on any atom is 0.0619 e. The van der Waals surface area contributed by atoms with Gasteiger partial charge in [-0.1, -0.05) is 30.3 Å². The monoisotopic (exact) mass is 202 g/mol. The summed E-state index contributed by atoms with van der Waals surface area (Å²) in [4.78, 5) is 10.7. The smallest absolute Gasteiger partial charge is 0.0619 e. The van der Waals surface area contributed by atoms with Crippen LogP contribution in [0.1, 0.15) is 30.7 Å². The molecule has 1 atom stereocenters. The van der Waals surface area contributed by atoms with Crippen molar-refractivity contribution in [2.45, 2.75) is 30.7 Å². The quantitative estimate of drug-likeness (QED) is 0.691. The summed E-state index contributed by atoms with van der Waals surface area (Å²) in [5.41, 5.74) is 1.48. The molecule has 3 heteroatoms. The molecule has 2 fully saturated rings. The second-order valence-electron chi connectivity index (χ2n) is 4.70. The third kappa shape index (κ3) is 1.34. The molecule has 0 bridgehead atoms. The Morgan fingerprint density at radius 2 is 2.00 bits per heavy atom. The highest BCUT2D eigenvalue weighted by Gasteiger charge is 2.55. The Hall–Kier alpha value is -1.38. The molecule has 1 aromatic rings. The fourth-order valence-electron chi connectivity index (χ4n) is 2.71. The summed E-state index contributed by atoms with van der Waals surface area (Å²) in [6.07, 6.45) is 3.38. The number of hydrogen-bond acceptors (Lipinski definition) is 2. The zero-order chi connectivity index (χ0) is 10.3. The summed E-state index contributed by atoms with van der Waals surface area (Å²) < 4.78 is 0. The van der Waals surface area contributed by atoms with E-state index in [-0.39, 0.29) is 5.54 Å². The number of rotatable bonds is 2. The normalized spacial score (nSPS) is 26.9. The maximum atomic E-state index is 10.7. The molecule has 1 saturated carbocycles. The van der Waals surface area contributed by atoms with Gasteiger partial charge in [0.1, 0.15) is 0 Å². The molecule has 0 radical (unpaired) electrons. The Balaban J connectivity index is 1.84. The summed E-state index contributed by atoms with van der Waals surface area (Å²) in [7, 11) is 0. The lowest BCUT2D eigenvalue weighted by Gasteiger charge is -2.14. The zero-order valence-electron chi connectivity index (χ0n) is 8.60. The second kappa shape index (κ2) is 3.05. The van der Waals surface area contributed by atoms with Gasteiger partial charge in [0.05, 0.1) is 10.8 Å². The van der Waals surface area contributed by atoms with Gasteiger partial charge in [0.25, 0.3) is 0 Å². The van der Waals surface area contributed by atoms with E-state index in [4.69, 9.17) is 0 Å². The molecule has 2 aliphatic rings. The van der Waals surface area contributed by atoms with Gasteiger partial charge in [-0.3, -0.25) is 5.01 Å². The van der Waals surface area contributed by atoms with E-state index >= 15 is 0 Å². The van der Waals surface area contributed by atoms with E-state index in [1.807, 2.05) is 6.07 Å². The van der Waals surface area contributed by atoms with Crippen LogP contribution in [0.5, 0.6) is 0 Å². The van der Waals surface area contributed by atoms with Gasteiger partial charge in [-0.2, -0.15) is 0 Å². The highest BCUT2D eigenvalue weighted by Crippen LogP contribution is 2.53. The van der Waals surface area contributed by atoms with E-state index in [1.54, 1.807) is 5.01 Å². The van der Waals surface area contributed by atoms with Gasteiger partial charge in [0, 0.05) is 12.5 Å². The fraction of sp³-hybridized carbons (Fsp3) is 0.500. The molecule has 0 amide bonds. The predicted octanol–water partition coefficient (Wildman–Crippen LogP) is 2.69. The highest BCUT2D eigenvalue weighted by atomic mass is 16.3. The minimum atomic E-state index is 0.141. The standard InChI is InChI=1S/C12H14N2O/c15-13-14-9-11(8-12(14)6-7-12)10-4-2-1-3-5-10/h1-5,11H,6-9H2. The van der Waals surface area contributed by atoms with Crippen molar-refractivity contribution in [1.82, 2.24) is 5.01 Å². The SMILES string of the molecule is O=NN1CC(c2ccccc2)CC12CC2. The Bertz CT molecular complexity index is 372. The maximum absolute atomic E-state index is 10.7. The lowest BCUT2D eigenvalue weighted by atomic mass is 9.96. The minimum absolute atomic E-state index is 0.141. The first-order chi connectivity index (χ1) is 7.34. The fourth-order valence-corrected chi connectivity index (χ4v) is 2.71. The van der Waals surface area contributed by atoms with Crippen LogP contribution in [-0.2, 0) is 0 Å². The van der Waals surface area contributed by atoms with Gasteiger partial charge in [-0.25, -0.2) is 0 Å². The molecule has 15 heavy (non-hydrogen) atoms. The van der Waals surface area contributed by atoms with Gasteiger partial charge in [0.15, 0.2) is 0 Å². The number of hydrogen-bond donors (Lipinski definition) is 0. The van der Waals surface area contributed by atoms with Gasteiger partial charge < -0.3 is 0 Å². The first kappa shape index (κ1) is 8.89. The lowest BCUT2D eigenvalue weighted by Crippen LogP contribution is -2.24. The van der Waals surface area contributed by atoms with E-state index < -0.39 is 0 Å². The van der Waals surface area contributed by atoms with E-state index in [9.17, 15) is 4.91 Å². The highest BCUT2D eigenvalue weighted by molar-refractivity contribution is 5.25. The molecule has 78 valence electrons. The molecular weight excluding hydrogens is 188 g/mol. The molecule has 0 N–H and O–H groups in total. The number of nitrogens with zero attached hydrogens (tertiary/aromatic N) is 2. The van der Waals surface area contributed by atoms with Crippen molar-refractivity contribution >= 4 is 0 Å². The summed E-state index contributed by atoms with van der Waals surface area (Å²) in [5, 5.41) is 4.93. The Labute approximate surface area is 89.0 Å². The Kier molecular flexibility index (Phi) is 1.81. The van der Waals surface area contributed by atoms with E-state index in [0.29, 0.717) is 5.92 Å². The van der Waals surface area contributed by atoms with Crippen LogP contribution in [0.3, 0.4) is 0 Å². The van der Waals surface area contributed by atoms with Crippen LogP contribution in [-0.4, -0.2) is 17.1 Å². The molecule has 1 heterocycles. The molecule has 1 unspecified atom stereocenters. The van der Waals surface area contributed by atoms with Crippen molar-refractivity contribution in [2.24, 2.45) is 5.29 Å². The van der Waals surface area contributed by atoms with Crippen LogP contribution in [0, 0.1) is 4.91 Å². The molecule has 1 saturated heterocycles. The molecular formula is C12H14N2O. The average molecular weight is 202 g/mol. The Morgan fingerprint density at radius 3 is 2.53 bits per heavy atom. The molecule has 3 nitrogen and oxygen atoms in total. The predicted molar refractivity (Wildman–Crippen MR) is 58.3 cm³/mol. The lowest BCUT2D eigenvalue weighted by molar-refractivity contribution is 0.243. The van der Waals surface area contributed by atoms with Gasteiger partial charge in [-0.05, 0) is 24.8 Å². The number of benzene rings is 1. The molecule has 3 rings (SSSR count). The third-order valence-electron chi connectivity index (χ3n) is 3.76. The van der Waals surface area contributed by atoms with Crippen LogP contribution in [0.15, 0.2) is 35.6 Å². The molecule has 0 aromatic heterocycles. The summed E-state index contributed by atoms with van der Waals surface area (Å²) in [6.45, 7) is 0.799. The molecule has 1 aromatic carbocycles. The molecule has 1 aliphatic carbocycles. The second-order valence-corrected chi connectivity index (χ2v) is 4.70. The molecule has 1 spiro atoms. The van der Waals surface area contributed by atoms with Gasteiger partial charge in [0.2, 0.25) is 0 Å². The summed E-state index contributed by atoms with van der Waals surface area (Å²) >= 11 is 0. The molecule has 1 aliphatic heterocycles. The van der Waals surface area contributed by atoms with Crippen LogP contribution in [0.4, 0.5) is 0 Å². The minimum Gasteiger partial charge on any atom is -0.254 e. The zero-order valence-corrected chi connectivity index (χ0v) is 8.60. The first-order valence-corrected chi connectivity index (χ1v) is 5.50. The van der Waals surface area contributed by atoms with Crippen molar-refractivity contribution in [2.75, 3.05) is 6.54 Å². The van der Waals surface area contributed by atoms with E-state index in [0.717, 1.165) is 25.8 Å². The van der Waals surface area contributed by atoms with Crippen molar-refractivity contribution in [1.29, 1.82) is 0 Å². The third-order valence-corrected chi connectivity index (χ3v) is 3.76. The van der Waals surface area contributed by atoms with Crippen LogP contribution < -0.4 is 0 Å².